The molecule has 4 rings (SSSR count). The molecule has 0 radical (unpaired) electrons. The zero-order valence-corrected chi connectivity index (χ0v) is 16.4. The summed E-state index contributed by atoms with van der Waals surface area (Å²) in [6.45, 7) is 3.36. The largest absolute Gasteiger partial charge is 0.341 e. The van der Waals surface area contributed by atoms with Gasteiger partial charge in [-0.3, -0.25) is 19.4 Å². The van der Waals surface area contributed by atoms with E-state index in [1.54, 1.807) is 23.1 Å². The predicted octanol–water partition coefficient (Wildman–Crippen LogP) is 3.00. The van der Waals surface area contributed by atoms with E-state index < -0.39 is 0 Å². The van der Waals surface area contributed by atoms with Crippen LogP contribution >= 0.6 is 0 Å². The number of carbonyl (C=O) groups excluding carboxylic acids is 3. The van der Waals surface area contributed by atoms with Crippen molar-refractivity contribution in [3.63, 3.8) is 0 Å². The number of fused-ring (bicyclic) bond motifs is 1. The third kappa shape index (κ3) is 3.94. The molecular weight excluding hydrogens is 368 g/mol. The molecule has 1 N–H and O–H groups in total. The Hall–Kier alpha value is -3.35. The van der Waals surface area contributed by atoms with Gasteiger partial charge in [-0.15, -0.1) is 0 Å². The van der Waals surface area contributed by atoms with Crippen LogP contribution in [0.1, 0.15) is 18.4 Å². The molecule has 0 atom stereocenters. The molecule has 150 valence electrons. The Morgan fingerprint density at radius 1 is 0.966 bits per heavy atom. The molecule has 2 aromatic rings. The Bertz CT molecular complexity index is 935. The summed E-state index contributed by atoms with van der Waals surface area (Å²) in [4.78, 5) is 43.0. The second-order valence-corrected chi connectivity index (χ2v) is 7.44. The zero-order chi connectivity index (χ0) is 20.4. The highest BCUT2D eigenvalue weighted by atomic mass is 16.2. The van der Waals surface area contributed by atoms with Crippen molar-refractivity contribution in [2.24, 2.45) is 0 Å². The minimum Gasteiger partial charge on any atom is -0.341 e. The number of hydrogen-bond acceptors (Lipinski definition) is 3. The number of urea groups is 1. The fraction of sp³-hybridized carbons (Fsp3) is 0.318. The number of amides is 4. The van der Waals surface area contributed by atoms with Gasteiger partial charge >= 0.3 is 6.03 Å². The van der Waals surface area contributed by atoms with Crippen LogP contribution in [0, 0.1) is 6.92 Å². The lowest BCUT2D eigenvalue weighted by molar-refractivity contribution is -0.130. The molecule has 2 aliphatic rings. The van der Waals surface area contributed by atoms with E-state index in [1.165, 1.54) is 9.80 Å². The molecular formula is C22H24N4O3. The molecule has 0 saturated carbocycles. The summed E-state index contributed by atoms with van der Waals surface area (Å²) in [6, 6.07) is 14.3. The van der Waals surface area contributed by atoms with Crippen LogP contribution in [0.5, 0.6) is 0 Å². The van der Waals surface area contributed by atoms with Crippen molar-refractivity contribution in [1.82, 2.24) is 4.90 Å². The van der Waals surface area contributed by atoms with Gasteiger partial charge < -0.3 is 10.2 Å². The number of likely N-dealkylation sites (tertiary alicyclic amines) is 1. The summed E-state index contributed by atoms with van der Waals surface area (Å²) in [6.07, 6.45) is 2.01. The molecule has 29 heavy (non-hydrogen) atoms. The van der Waals surface area contributed by atoms with Crippen LogP contribution in [-0.2, 0) is 9.59 Å². The van der Waals surface area contributed by atoms with Gasteiger partial charge in [-0.25, -0.2) is 4.79 Å². The van der Waals surface area contributed by atoms with E-state index in [2.05, 4.69) is 5.32 Å². The highest BCUT2D eigenvalue weighted by Gasteiger charge is 2.34. The Morgan fingerprint density at radius 3 is 2.31 bits per heavy atom. The lowest BCUT2D eigenvalue weighted by atomic mass is 10.1. The second-order valence-electron chi connectivity index (χ2n) is 7.44. The molecule has 2 aliphatic heterocycles. The highest BCUT2D eigenvalue weighted by Crippen LogP contribution is 2.34. The van der Waals surface area contributed by atoms with Crippen LogP contribution in [0.25, 0.3) is 0 Å². The lowest BCUT2D eigenvalue weighted by Crippen LogP contribution is -2.52. The second kappa shape index (κ2) is 7.95. The van der Waals surface area contributed by atoms with E-state index in [4.69, 9.17) is 0 Å². The summed E-state index contributed by atoms with van der Waals surface area (Å²) in [5.41, 5.74) is 2.96. The third-order valence-corrected chi connectivity index (χ3v) is 5.36. The smallest absolute Gasteiger partial charge is 0.326 e. The van der Waals surface area contributed by atoms with E-state index in [1.807, 2.05) is 37.3 Å². The Kier molecular flexibility index (Phi) is 5.20. The molecule has 7 nitrogen and oxygen atoms in total. The standard InChI is InChI=1S/C22H24N4O3/c1-16-8-10-17(11-9-16)23-22(29)26-15-21(28)25(18-6-2-3-7-19(18)26)14-20(27)24-12-4-5-13-24/h2-3,6-11H,4-5,12-15H2,1H3,(H,23,29). The molecule has 1 fully saturated rings. The molecule has 4 amide bonds. The molecule has 0 unspecified atom stereocenters. The molecule has 2 aromatic carbocycles. The van der Waals surface area contributed by atoms with Crippen molar-refractivity contribution in [2.75, 3.05) is 41.3 Å². The third-order valence-electron chi connectivity index (χ3n) is 5.36. The molecule has 0 aliphatic carbocycles. The number of benzene rings is 2. The van der Waals surface area contributed by atoms with Gasteiger partial charge in [0, 0.05) is 18.8 Å². The van der Waals surface area contributed by atoms with E-state index in [9.17, 15) is 14.4 Å². The Balaban J connectivity index is 1.55. The molecule has 0 spiro atoms. The van der Waals surface area contributed by atoms with Crippen LogP contribution in [0.3, 0.4) is 0 Å². The van der Waals surface area contributed by atoms with Crippen LogP contribution < -0.4 is 15.1 Å². The minimum atomic E-state index is -0.375. The summed E-state index contributed by atoms with van der Waals surface area (Å²) >= 11 is 0. The maximum atomic E-state index is 12.9. The van der Waals surface area contributed by atoms with E-state index >= 15 is 0 Å². The fourth-order valence-corrected chi connectivity index (χ4v) is 3.74. The molecule has 1 saturated heterocycles. The lowest BCUT2D eigenvalue weighted by Gasteiger charge is -2.36. The number of rotatable bonds is 3. The minimum absolute atomic E-state index is 0.00324. The summed E-state index contributed by atoms with van der Waals surface area (Å²) in [5.74, 6) is -0.321. The first kappa shape index (κ1) is 19.0. The predicted molar refractivity (Wildman–Crippen MR) is 112 cm³/mol. The van der Waals surface area contributed by atoms with Gasteiger partial charge in [-0.1, -0.05) is 29.8 Å². The van der Waals surface area contributed by atoms with Gasteiger partial charge in [0.25, 0.3) is 0 Å². The first-order chi connectivity index (χ1) is 14.0. The van der Waals surface area contributed by atoms with E-state index in [-0.39, 0.29) is 30.9 Å². The van der Waals surface area contributed by atoms with Crippen LogP contribution in [-0.4, -0.2) is 48.9 Å². The van der Waals surface area contributed by atoms with Gasteiger partial charge in [0.05, 0.1) is 11.4 Å². The van der Waals surface area contributed by atoms with Crippen molar-refractivity contribution in [1.29, 1.82) is 0 Å². The summed E-state index contributed by atoms with van der Waals surface area (Å²) in [5, 5.41) is 2.84. The Morgan fingerprint density at radius 2 is 1.62 bits per heavy atom. The average molecular weight is 392 g/mol. The topological polar surface area (TPSA) is 73.0 Å². The normalized spacial score (nSPS) is 16.0. The first-order valence-corrected chi connectivity index (χ1v) is 9.85. The van der Waals surface area contributed by atoms with Crippen molar-refractivity contribution in [3.05, 3.63) is 54.1 Å². The number of aryl methyl sites for hydroxylation is 1. The number of hydrogen-bond donors (Lipinski definition) is 1. The molecule has 0 aromatic heterocycles. The van der Waals surface area contributed by atoms with Crippen LogP contribution in [0.4, 0.5) is 21.9 Å². The summed E-state index contributed by atoms with van der Waals surface area (Å²) < 4.78 is 0. The highest BCUT2D eigenvalue weighted by molar-refractivity contribution is 6.15. The van der Waals surface area contributed by atoms with Gasteiger partial charge in [-0.05, 0) is 44.0 Å². The maximum absolute atomic E-state index is 12.9. The van der Waals surface area contributed by atoms with Gasteiger partial charge in [0.1, 0.15) is 13.1 Å². The number of para-hydroxylation sites is 2. The number of anilines is 3. The zero-order valence-electron chi connectivity index (χ0n) is 16.4. The molecule has 7 heteroatoms. The van der Waals surface area contributed by atoms with Crippen LogP contribution in [0.2, 0.25) is 0 Å². The average Bonchev–Trinajstić information content (AvgIpc) is 3.26. The van der Waals surface area contributed by atoms with Gasteiger partial charge in [0.15, 0.2) is 0 Å². The quantitative estimate of drug-likeness (QED) is 0.873. The first-order valence-electron chi connectivity index (χ1n) is 9.85. The van der Waals surface area contributed by atoms with E-state index in [0.717, 1.165) is 31.5 Å². The fourth-order valence-electron chi connectivity index (χ4n) is 3.74. The van der Waals surface area contributed by atoms with Crippen molar-refractivity contribution < 1.29 is 14.4 Å². The monoisotopic (exact) mass is 392 g/mol. The van der Waals surface area contributed by atoms with Crippen molar-refractivity contribution in [2.45, 2.75) is 19.8 Å². The van der Waals surface area contributed by atoms with Gasteiger partial charge in [0.2, 0.25) is 11.8 Å². The van der Waals surface area contributed by atoms with Crippen molar-refractivity contribution in [3.8, 4) is 0 Å². The van der Waals surface area contributed by atoms with Crippen molar-refractivity contribution >= 4 is 34.9 Å². The SMILES string of the molecule is Cc1ccc(NC(=O)N2CC(=O)N(CC(=O)N3CCCC3)c3ccccc32)cc1. The summed E-state index contributed by atoms with van der Waals surface area (Å²) in [7, 11) is 0. The van der Waals surface area contributed by atoms with Gasteiger partial charge in [-0.2, -0.15) is 0 Å². The maximum Gasteiger partial charge on any atom is 0.326 e. The number of carbonyl (C=O) groups is 3. The number of nitrogens with one attached hydrogen (secondary N) is 1. The number of nitrogens with zero attached hydrogens (tertiary/aromatic N) is 3. The Labute approximate surface area is 169 Å². The van der Waals surface area contributed by atoms with E-state index in [0.29, 0.717) is 17.1 Å². The molecule has 2 heterocycles. The van der Waals surface area contributed by atoms with Crippen LogP contribution in [0.15, 0.2) is 48.5 Å². The molecule has 0 bridgehead atoms.